The van der Waals surface area contributed by atoms with E-state index in [9.17, 15) is 4.39 Å². The van der Waals surface area contributed by atoms with Crippen LogP contribution in [0.5, 0.6) is 5.75 Å². The van der Waals surface area contributed by atoms with Crippen molar-refractivity contribution in [3.63, 3.8) is 0 Å². The maximum atomic E-state index is 13.8. The van der Waals surface area contributed by atoms with Crippen molar-refractivity contribution in [3.05, 3.63) is 60.3 Å². The highest BCUT2D eigenvalue weighted by molar-refractivity contribution is 5.64. The summed E-state index contributed by atoms with van der Waals surface area (Å²) in [5.74, 6) is 0.646. The van der Waals surface area contributed by atoms with Gasteiger partial charge in [0.2, 0.25) is 0 Å². The molecule has 1 aliphatic carbocycles. The zero-order valence-electron chi connectivity index (χ0n) is 12.3. The number of halogens is 1. The second kappa shape index (κ2) is 6.30. The predicted molar refractivity (Wildman–Crippen MR) is 83.9 cm³/mol. The lowest BCUT2D eigenvalue weighted by Crippen LogP contribution is -2.04. The molecule has 0 atom stereocenters. The highest BCUT2D eigenvalue weighted by Crippen LogP contribution is 2.33. The van der Waals surface area contributed by atoms with E-state index < -0.39 is 0 Å². The van der Waals surface area contributed by atoms with Crippen LogP contribution in [0.15, 0.2) is 42.5 Å². The predicted octanol–water partition coefficient (Wildman–Crippen LogP) is 5.36. The fraction of sp³-hybridized carbons (Fsp3) is 0.316. The lowest BCUT2D eigenvalue weighted by atomic mass is 9.84. The molecular weight excluding hydrogens is 263 g/mol. The van der Waals surface area contributed by atoms with E-state index in [0.717, 1.165) is 11.1 Å². The van der Waals surface area contributed by atoms with Crippen LogP contribution in [0.4, 0.5) is 4.39 Å². The molecule has 1 saturated carbocycles. The molecule has 21 heavy (non-hydrogen) atoms. The molecule has 1 aliphatic rings. The fourth-order valence-electron chi connectivity index (χ4n) is 3.05. The zero-order chi connectivity index (χ0) is 14.7. The minimum Gasteiger partial charge on any atom is -0.494 e. The van der Waals surface area contributed by atoms with Gasteiger partial charge in [-0.15, -0.1) is 0 Å². The van der Waals surface area contributed by atoms with Gasteiger partial charge in [0.25, 0.3) is 0 Å². The van der Waals surface area contributed by atoms with Crippen LogP contribution in [-0.4, -0.2) is 7.11 Å². The third-order valence-electron chi connectivity index (χ3n) is 4.31. The van der Waals surface area contributed by atoms with Crippen LogP contribution in [0.3, 0.4) is 0 Å². The quantitative estimate of drug-likeness (QED) is 0.736. The second-order valence-electron chi connectivity index (χ2n) is 5.61. The Morgan fingerprint density at radius 3 is 2.24 bits per heavy atom. The molecule has 0 bridgehead atoms. The van der Waals surface area contributed by atoms with E-state index in [2.05, 4.69) is 30.7 Å². The Morgan fingerprint density at radius 1 is 0.952 bits per heavy atom. The topological polar surface area (TPSA) is 9.23 Å². The van der Waals surface area contributed by atoms with Crippen molar-refractivity contribution in [3.8, 4) is 16.9 Å². The Bertz CT molecular complexity index is 597. The van der Waals surface area contributed by atoms with Gasteiger partial charge in [0.15, 0.2) is 11.6 Å². The lowest BCUT2D eigenvalue weighted by molar-refractivity contribution is 0.386. The number of hydrogen-bond donors (Lipinski definition) is 0. The first kappa shape index (κ1) is 14.1. The number of benzene rings is 2. The molecule has 1 fully saturated rings. The molecule has 109 valence electrons. The maximum Gasteiger partial charge on any atom is 0.165 e. The zero-order valence-corrected chi connectivity index (χ0v) is 12.3. The number of methoxy groups -OCH3 is 1. The summed E-state index contributed by atoms with van der Waals surface area (Å²) in [5, 5.41) is 0. The van der Waals surface area contributed by atoms with E-state index in [-0.39, 0.29) is 11.6 Å². The first-order valence-electron chi connectivity index (χ1n) is 7.53. The van der Waals surface area contributed by atoms with Gasteiger partial charge in [-0.2, -0.15) is 0 Å². The van der Waals surface area contributed by atoms with E-state index in [1.54, 1.807) is 6.07 Å². The molecule has 0 aliphatic heterocycles. The fourth-order valence-corrected chi connectivity index (χ4v) is 3.05. The molecule has 0 amide bonds. The highest BCUT2D eigenvalue weighted by Gasteiger charge is 2.15. The molecule has 0 unspecified atom stereocenters. The minimum absolute atomic E-state index is 0.286. The molecule has 1 radical (unpaired) electrons. The normalized spacial score (nSPS) is 15.9. The molecule has 0 saturated heterocycles. The van der Waals surface area contributed by atoms with Gasteiger partial charge >= 0.3 is 0 Å². The minimum atomic E-state index is -0.318. The van der Waals surface area contributed by atoms with Gasteiger partial charge in [-0.05, 0) is 66.8 Å². The van der Waals surface area contributed by atoms with Crippen LogP contribution in [-0.2, 0) is 0 Å². The smallest absolute Gasteiger partial charge is 0.165 e. The molecule has 1 nitrogen and oxygen atoms in total. The molecular formula is C19H20FO. The molecule has 0 N–H and O–H groups in total. The van der Waals surface area contributed by atoms with E-state index in [1.807, 2.05) is 6.07 Å². The Kier molecular flexibility index (Phi) is 4.23. The van der Waals surface area contributed by atoms with Gasteiger partial charge in [0.1, 0.15) is 0 Å². The second-order valence-corrected chi connectivity index (χ2v) is 5.61. The van der Waals surface area contributed by atoms with Crippen molar-refractivity contribution in [2.24, 2.45) is 0 Å². The van der Waals surface area contributed by atoms with Gasteiger partial charge in [0.05, 0.1) is 7.11 Å². The SMILES string of the molecule is COc1ccc(-c2ccc(C3CC[CH]CC3)cc2)cc1F. The van der Waals surface area contributed by atoms with Crippen molar-refractivity contribution in [1.29, 1.82) is 0 Å². The molecule has 2 heteroatoms. The number of hydrogen-bond acceptors (Lipinski definition) is 1. The van der Waals surface area contributed by atoms with Crippen LogP contribution in [0, 0.1) is 12.2 Å². The van der Waals surface area contributed by atoms with E-state index >= 15 is 0 Å². The molecule has 2 aromatic rings. The molecule has 3 rings (SSSR count). The summed E-state index contributed by atoms with van der Waals surface area (Å²) in [7, 11) is 1.48. The van der Waals surface area contributed by atoms with Crippen LogP contribution < -0.4 is 4.74 Å². The Hall–Kier alpha value is -1.83. The van der Waals surface area contributed by atoms with Crippen LogP contribution in [0.2, 0.25) is 0 Å². The summed E-state index contributed by atoms with van der Waals surface area (Å²) in [5.41, 5.74) is 3.33. The Balaban J connectivity index is 1.81. The maximum absolute atomic E-state index is 13.8. The summed E-state index contributed by atoms with van der Waals surface area (Å²) in [6.07, 6.45) is 7.31. The standard InChI is InChI=1S/C19H20FO/c1-21-19-12-11-17(13-18(19)20)16-9-7-15(8-10-16)14-5-3-2-4-6-14/h2,7-14H,3-6H2,1H3. The third-order valence-corrected chi connectivity index (χ3v) is 4.31. The van der Waals surface area contributed by atoms with Gasteiger partial charge in [-0.3, -0.25) is 0 Å². The van der Waals surface area contributed by atoms with Crippen molar-refractivity contribution in [2.45, 2.75) is 31.6 Å². The molecule has 0 heterocycles. The lowest BCUT2D eigenvalue weighted by Gasteiger charge is -2.22. The summed E-state index contributed by atoms with van der Waals surface area (Å²) in [4.78, 5) is 0. The van der Waals surface area contributed by atoms with Gasteiger partial charge in [0, 0.05) is 0 Å². The largest absolute Gasteiger partial charge is 0.494 e. The average molecular weight is 283 g/mol. The van der Waals surface area contributed by atoms with E-state index in [0.29, 0.717) is 5.92 Å². The number of rotatable bonds is 3. The van der Waals surface area contributed by atoms with Gasteiger partial charge < -0.3 is 4.74 Å². The van der Waals surface area contributed by atoms with Crippen LogP contribution in [0.25, 0.3) is 11.1 Å². The van der Waals surface area contributed by atoms with Gasteiger partial charge in [-0.1, -0.05) is 30.3 Å². The first-order valence-corrected chi connectivity index (χ1v) is 7.53. The average Bonchev–Trinajstić information content (AvgIpc) is 2.56. The Labute approximate surface area is 125 Å². The van der Waals surface area contributed by atoms with Crippen LogP contribution in [0.1, 0.15) is 37.2 Å². The summed E-state index contributed by atoms with van der Waals surface area (Å²) >= 11 is 0. The van der Waals surface area contributed by atoms with Crippen molar-refractivity contribution in [1.82, 2.24) is 0 Å². The van der Waals surface area contributed by atoms with E-state index in [1.165, 1.54) is 44.4 Å². The van der Waals surface area contributed by atoms with Crippen molar-refractivity contribution >= 4 is 0 Å². The highest BCUT2D eigenvalue weighted by atomic mass is 19.1. The molecule has 0 aromatic heterocycles. The summed E-state index contributed by atoms with van der Waals surface area (Å²) in [6.45, 7) is 0. The molecule has 0 spiro atoms. The third kappa shape index (κ3) is 3.10. The van der Waals surface area contributed by atoms with Crippen molar-refractivity contribution in [2.75, 3.05) is 7.11 Å². The Morgan fingerprint density at radius 2 is 1.62 bits per heavy atom. The van der Waals surface area contributed by atoms with Crippen molar-refractivity contribution < 1.29 is 9.13 Å². The first-order chi connectivity index (χ1) is 10.3. The summed E-state index contributed by atoms with van der Waals surface area (Å²) < 4.78 is 18.7. The summed E-state index contributed by atoms with van der Waals surface area (Å²) in [6, 6.07) is 13.7. The van der Waals surface area contributed by atoms with Gasteiger partial charge in [-0.25, -0.2) is 4.39 Å². The number of ether oxygens (including phenoxy) is 1. The molecule has 2 aromatic carbocycles. The van der Waals surface area contributed by atoms with E-state index in [4.69, 9.17) is 4.74 Å². The van der Waals surface area contributed by atoms with Crippen LogP contribution >= 0.6 is 0 Å². The monoisotopic (exact) mass is 283 g/mol.